The molecule has 1 fully saturated rings. The minimum absolute atomic E-state index is 0.0123. The molecule has 1 aromatic rings. The van der Waals surface area contributed by atoms with Crippen molar-refractivity contribution in [1.82, 2.24) is 0 Å². The fraction of sp³-hybridized carbons (Fsp3) is 0.500. The molecule has 1 aromatic carbocycles. The first-order valence-electron chi connectivity index (χ1n) is 5.82. The van der Waals surface area contributed by atoms with Crippen LogP contribution in [0.5, 0.6) is 0 Å². The quantitative estimate of drug-likeness (QED) is 0.600. The van der Waals surface area contributed by atoms with Crippen LogP contribution in [0.3, 0.4) is 0 Å². The van der Waals surface area contributed by atoms with E-state index in [0.717, 1.165) is 6.07 Å². The first kappa shape index (κ1) is 12.8. The third-order valence-electron chi connectivity index (χ3n) is 3.07. The fourth-order valence-corrected chi connectivity index (χ4v) is 2.16. The predicted molar refractivity (Wildman–Crippen MR) is 65.3 cm³/mol. The van der Waals surface area contributed by atoms with Crippen LogP contribution in [-0.2, 0) is 4.74 Å². The summed E-state index contributed by atoms with van der Waals surface area (Å²) in [6, 6.07) is 4.16. The molecule has 0 saturated carbocycles. The Morgan fingerprint density at radius 3 is 2.89 bits per heavy atom. The summed E-state index contributed by atoms with van der Waals surface area (Å²) in [4.78, 5) is 12.1. The minimum atomic E-state index is -0.802. The Morgan fingerprint density at radius 1 is 1.50 bits per heavy atom. The summed E-state index contributed by atoms with van der Waals surface area (Å²) < 4.78 is 19.0. The van der Waals surface area contributed by atoms with Gasteiger partial charge in [-0.1, -0.05) is 6.07 Å². The van der Waals surface area contributed by atoms with E-state index in [9.17, 15) is 14.5 Å². The van der Waals surface area contributed by atoms with Crippen molar-refractivity contribution in [2.45, 2.75) is 26.0 Å². The number of halogens is 1. The molecule has 0 aromatic heterocycles. The van der Waals surface area contributed by atoms with E-state index in [1.54, 1.807) is 6.07 Å². The van der Waals surface area contributed by atoms with Crippen molar-refractivity contribution < 1.29 is 14.1 Å². The van der Waals surface area contributed by atoms with Crippen LogP contribution in [0, 0.1) is 15.9 Å². The van der Waals surface area contributed by atoms with Crippen LogP contribution in [0.2, 0.25) is 0 Å². The van der Waals surface area contributed by atoms with Crippen molar-refractivity contribution in [3.63, 3.8) is 0 Å². The molecule has 1 aliphatic heterocycles. The number of morpholine rings is 1. The van der Waals surface area contributed by atoms with Gasteiger partial charge < -0.3 is 9.64 Å². The van der Waals surface area contributed by atoms with Crippen molar-refractivity contribution in [3.8, 4) is 0 Å². The van der Waals surface area contributed by atoms with Gasteiger partial charge in [0, 0.05) is 12.6 Å². The summed E-state index contributed by atoms with van der Waals surface area (Å²) in [5.74, 6) is -0.802. The van der Waals surface area contributed by atoms with Gasteiger partial charge in [0.25, 0.3) is 0 Å². The Hall–Kier alpha value is -1.69. The van der Waals surface area contributed by atoms with Crippen molar-refractivity contribution in [1.29, 1.82) is 0 Å². The van der Waals surface area contributed by atoms with Gasteiger partial charge in [-0.2, -0.15) is 4.39 Å². The SMILES string of the molecule is CC1CN(c2cccc(F)c2[N+](=O)[O-])C(C)CO1. The monoisotopic (exact) mass is 254 g/mol. The van der Waals surface area contributed by atoms with Gasteiger partial charge in [0.15, 0.2) is 0 Å². The lowest BCUT2D eigenvalue weighted by Gasteiger charge is -2.38. The van der Waals surface area contributed by atoms with Crippen LogP contribution in [0.15, 0.2) is 18.2 Å². The lowest BCUT2D eigenvalue weighted by molar-refractivity contribution is -0.386. The van der Waals surface area contributed by atoms with Crippen molar-refractivity contribution in [2.75, 3.05) is 18.1 Å². The molecule has 0 radical (unpaired) electrons. The number of hydrogen-bond acceptors (Lipinski definition) is 4. The number of rotatable bonds is 2. The van der Waals surface area contributed by atoms with Gasteiger partial charge in [-0.05, 0) is 26.0 Å². The summed E-state index contributed by atoms with van der Waals surface area (Å²) in [5.41, 5.74) is -0.138. The first-order valence-corrected chi connectivity index (χ1v) is 5.82. The van der Waals surface area contributed by atoms with E-state index in [4.69, 9.17) is 4.74 Å². The van der Waals surface area contributed by atoms with E-state index in [-0.39, 0.29) is 12.1 Å². The van der Waals surface area contributed by atoms with Crippen LogP contribution in [0.4, 0.5) is 15.8 Å². The van der Waals surface area contributed by atoms with Gasteiger partial charge in [0.1, 0.15) is 5.69 Å². The number of nitro benzene ring substituents is 1. The maximum absolute atomic E-state index is 13.6. The zero-order chi connectivity index (χ0) is 13.3. The second-order valence-corrected chi connectivity index (χ2v) is 4.51. The zero-order valence-electron chi connectivity index (χ0n) is 10.3. The topological polar surface area (TPSA) is 55.6 Å². The average Bonchev–Trinajstić information content (AvgIpc) is 2.31. The average molecular weight is 254 g/mol. The number of anilines is 1. The summed E-state index contributed by atoms with van der Waals surface area (Å²) in [6.45, 7) is 4.80. The Morgan fingerprint density at radius 2 is 2.22 bits per heavy atom. The molecule has 1 saturated heterocycles. The van der Waals surface area contributed by atoms with Gasteiger partial charge in [-0.25, -0.2) is 0 Å². The van der Waals surface area contributed by atoms with E-state index >= 15 is 0 Å². The lowest BCUT2D eigenvalue weighted by Crippen LogP contribution is -2.47. The molecular formula is C12H15FN2O3. The van der Waals surface area contributed by atoms with E-state index in [0.29, 0.717) is 18.8 Å². The van der Waals surface area contributed by atoms with Crippen molar-refractivity contribution in [3.05, 3.63) is 34.1 Å². The number of benzene rings is 1. The minimum Gasteiger partial charge on any atom is -0.375 e. The predicted octanol–water partition coefficient (Wildman–Crippen LogP) is 2.35. The number of para-hydroxylation sites is 1. The highest BCUT2D eigenvalue weighted by atomic mass is 19.1. The number of nitrogens with zero attached hydrogens (tertiary/aromatic N) is 2. The second-order valence-electron chi connectivity index (χ2n) is 4.51. The summed E-state index contributed by atoms with van der Waals surface area (Å²) in [7, 11) is 0. The molecule has 0 N–H and O–H groups in total. The second kappa shape index (κ2) is 4.89. The maximum atomic E-state index is 13.6. The normalized spacial score (nSPS) is 24.1. The van der Waals surface area contributed by atoms with Crippen molar-refractivity contribution >= 4 is 11.4 Å². The molecule has 5 nitrogen and oxygen atoms in total. The van der Waals surface area contributed by atoms with Gasteiger partial charge in [0.05, 0.1) is 17.6 Å². The van der Waals surface area contributed by atoms with Crippen LogP contribution in [0.25, 0.3) is 0 Å². The smallest absolute Gasteiger partial charge is 0.327 e. The largest absolute Gasteiger partial charge is 0.375 e. The molecule has 0 spiro atoms. The number of ether oxygens (including phenoxy) is 1. The molecule has 6 heteroatoms. The molecule has 2 rings (SSSR count). The van der Waals surface area contributed by atoms with Crippen molar-refractivity contribution in [2.24, 2.45) is 0 Å². The molecule has 0 bridgehead atoms. The van der Waals surface area contributed by atoms with Gasteiger partial charge in [-0.15, -0.1) is 0 Å². The third kappa shape index (κ3) is 2.28. The first-order chi connectivity index (χ1) is 8.50. The highest BCUT2D eigenvalue weighted by Crippen LogP contribution is 2.33. The standard InChI is InChI=1S/C12H15FN2O3/c1-8-7-18-9(2)6-14(8)11-5-3-4-10(13)12(11)15(16)17/h3-5,8-9H,6-7H2,1-2H3. The highest BCUT2D eigenvalue weighted by Gasteiger charge is 2.30. The maximum Gasteiger partial charge on any atom is 0.327 e. The molecular weight excluding hydrogens is 239 g/mol. The van der Waals surface area contributed by atoms with Crippen LogP contribution < -0.4 is 4.90 Å². The molecule has 1 aliphatic rings. The molecule has 1 heterocycles. The van der Waals surface area contributed by atoms with E-state index in [1.807, 2.05) is 18.7 Å². The van der Waals surface area contributed by atoms with Gasteiger partial charge >= 0.3 is 5.69 Å². The molecule has 98 valence electrons. The molecule has 18 heavy (non-hydrogen) atoms. The van der Waals surface area contributed by atoms with Crippen LogP contribution in [-0.4, -0.2) is 30.2 Å². The van der Waals surface area contributed by atoms with E-state index in [2.05, 4.69) is 0 Å². The third-order valence-corrected chi connectivity index (χ3v) is 3.07. The van der Waals surface area contributed by atoms with E-state index in [1.165, 1.54) is 6.07 Å². The highest BCUT2D eigenvalue weighted by molar-refractivity contribution is 5.64. The summed E-state index contributed by atoms with van der Waals surface area (Å²) >= 11 is 0. The lowest BCUT2D eigenvalue weighted by atomic mass is 10.1. The molecule has 2 unspecified atom stereocenters. The number of nitro groups is 1. The fourth-order valence-electron chi connectivity index (χ4n) is 2.16. The van der Waals surface area contributed by atoms with Crippen LogP contribution >= 0.6 is 0 Å². The molecule has 0 aliphatic carbocycles. The van der Waals surface area contributed by atoms with Gasteiger partial charge in [0.2, 0.25) is 5.82 Å². The Balaban J connectivity index is 2.43. The Bertz CT molecular complexity index is 467. The molecule has 0 amide bonds. The van der Waals surface area contributed by atoms with Crippen LogP contribution in [0.1, 0.15) is 13.8 Å². The van der Waals surface area contributed by atoms with Gasteiger partial charge in [-0.3, -0.25) is 10.1 Å². The zero-order valence-corrected chi connectivity index (χ0v) is 10.3. The van der Waals surface area contributed by atoms with E-state index < -0.39 is 16.4 Å². The summed E-state index contributed by atoms with van der Waals surface area (Å²) in [6.07, 6.45) is -0.0240. The number of hydrogen-bond donors (Lipinski definition) is 0. The Kier molecular flexibility index (Phi) is 3.47. The molecule has 2 atom stereocenters. The Labute approximate surface area is 104 Å². The summed E-state index contributed by atoms with van der Waals surface area (Å²) in [5, 5.41) is 11.0.